The maximum Gasteiger partial charge on any atom is 0.338 e. The lowest BCUT2D eigenvalue weighted by molar-refractivity contribution is 0.0526. The van der Waals surface area contributed by atoms with Crippen molar-refractivity contribution in [3.05, 3.63) is 89.3 Å². The van der Waals surface area contributed by atoms with Crippen LogP contribution in [0, 0.1) is 5.82 Å². The largest absolute Gasteiger partial charge is 0.462 e. The van der Waals surface area contributed by atoms with Crippen molar-refractivity contribution in [2.24, 2.45) is 0 Å². The van der Waals surface area contributed by atoms with Gasteiger partial charge in [-0.05, 0) is 55.5 Å². The number of halogens is 2. The fourth-order valence-corrected chi connectivity index (χ4v) is 4.72. The lowest BCUT2D eigenvalue weighted by Gasteiger charge is -2.08. The van der Waals surface area contributed by atoms with Gasteiger partial charge in [0.1, 0.15) is 10.7 Å². The van der Waals surface area contributed by atoms with Gasteiger partial charge in [0.25, 0.3) is 10.0 Å². The Kier molecular flexibility index (Phi) is 5.90. The van der Waals surface area contributed by atoms with Gasteiger partial charge >= 0.3 is 5.97 Å². The summed E-state index contributed by atoms with van der Waals surface area (Å²) in [7, 11) is -4.10. The summed E-state index contributed by atoms with van der Waals surface area (Å²) in [5, 5.41) is 0.0747. The van der Waals surface area contributed by atoms with E-state index >= 15 is 0 Å². The van der Waals surface area contributed by atoms with Gasteiger partial charge in [-0.3, -0.25) is 4.72 Å². The van der Waals surface area contributed by atoms with Crippen LogP contribution < -0.4 is 4.72 Å². The zero-order valence-electron chi connectivity index (χ0n) is 16.9. The fraction of sp³-hybridized carbons (Fsp3) is 0.0870. The second-order valence-corrected chi connectivity index (χ2v) is 8.94. The van der Waals surface area contributed by atoms with E-state index in [1.165, 1.54) is 36.5 Å². The highest BCUT2D eigenvalue weighted by atomic mass is 35.5. The molecule has 0 saturated carbocycles. The van der Waals surface area contributed by atoms with E-state index in [0.29, 0.717) is 16.8 Å². The van der Waals surface area contributed by atoms with E-state index < -0.39 is 21.8 Å². The highest BCUT2D eigenvalue weighted by Gasteiger charge is 2.23. The van der Waals surface area contributed by atoms with E-state index in [2.05, 4.69) is 4.72 Å². The number of nitrogens with one attached hydrogen (secondary N) is 1. The molecule has 1 heterocycles. The third-order valence-electron chi connectivity index (χ3n) is 4.78. The first-order valence-corrected chi connectivity index (χ1v) is 11.5. The van der Waals surface area contributed by atoms with E-state index in [4.69, 9.17) is 16.3 Å². The van der Waals surface area contributed by atoms with Crippen LogP contribution in [-0.4, -0.2) is 25.6 Å². The van der Waals surface area contributed by atoms with Crippen LogP contribution in [0.4, 0.5) is 10.1 Å². The van der Waals surface area contributed by atoms with Crippen LogP contribution in [0.5, 0.6) is 0 Å². The number of hydrogen-bond donors (Lipinski definition) is 1. The number of fused-ring (bicyclic) bond motifs is 1. The molecule has 6 nitrogen and oxygen atoms in total. The van der Waals surface area contributed by atoms with Gasteiger partial charge < -0.3 is 9.30 Å². The second-order valence-electron chi connectivity index (χ2n) is 6.89. The van der Waals surface area contributed by atoms with E-state index in [1.54, 1.807) is 23.6 Å². The Morgan fingerprint density at radius 1 is 1.09 bits per heavy atom. The van der Waals surface area contributed by atoms with Crippen LogP contribution in [0.1, 0.15) is 17.3 Å². The normalized spacial score (nSPS) is 11.5. The number of carbonyl (C=O) groups is 1. The number of benzene rings is 3. The highest BCUT2D eigenvalue weighted by Crippen LogP contribution is 2.33. The van der Waals surface area contributed by atoms with E-state index in [-0.39, 0.29) is 27.6 Å². The molecule has 3 aromatic carbocycles. The minimum absolute atomic E-state index is 0.110. The summed E-state index contributed by atoms with van der Waals surface area (Å²) in [5.74, 6) is -1.22. The maximum absolute atomic E-state index is 14.2. The number of para-hydroxylation sites is 1. The van der Waals surface area contributed by atoms with Crippen molar-refractivity contribution in [2.75, 3.05) is 11.3 Å². The summed E-state index contributed by atoms with van der Waals surface area (Å²) in [6.45, 7) is 1.93. The Bertz CT molecular complexity index is 1400. The Hall–Kier alpha value is -3.36. The molecular formula is C23H18ClFN2O4S. The summed E-state index contributed by atoms with van der Waals surface area (Å²) in [4.78, 5) is 11.7. The molecule has 164 valence electrons. The molecule has 0 radical (unpaired) electrons. The van der Waals surface area contributed by atoms with Crippen molar-refractivity contribution in [3.63, 3.8) is 0 Å². The number of carbonyl (C=O) groups excluding carboxylic acids is 1. The number of ether oxygens (including phenoxy) is 1. The molecule has 4 aromatic rings. The molecule has 0 aliphatic rings. The van der Waals surface area contributed by atoms with Crippen molar-refractivity contribution < 1.29 is 22.3 Å². The smallest absolute Gasteiger partial charge is 0.338 e. The molecule has 0 aliphatic carbocycles. The van der Waals surface area contributed by atoms with Gasteiger partial charge in [-0.25, -0.2) is 17.6 Å². The quantitative estimate of drug-likeness (QED) is 0.381. The number of esters is 1. The molecule has 0 amide bonds. The highest BCUT2D eigenvalue weighted by molar-refractivity contribution is 7.93. The molecule has 1 aromatic heterocycles. The maximum atomic E-state index is 14.2. The van der Waals surface area contributed by atoms with Crippen molar-refractivity contribution in [3.8, 4) is 5.69 Å². The Morgan fingerprint density at radius 2 is 1.78 bits per heavy atom. The van der Waals surface area contributed by atoms with Gasteiger partial charge in [0, 0.05) is 23.0 Å². The molecule has 0 saturated heterocycles. The van der Waals surface area contributed by atoms with E-state index in [9.17, 15) is 17.6 Å². The van der Waals surface area contributed by atoms with Crippen molar-refractivity contribution in [2.45, 2.75) is 11.8 Å². The standard InChI is InChI=1S/C23H18ClFN2O4S/c1-2-31-23(28)15-8-10-16(11-9-15)26-32(29,30)22-14-27(17-6-4-3-5-7-17)21-13-19(24)20(25)12-18(21)22/h3-14,26H,2H2,1H3. The van der Waals surface area contributed by atoms with E-state index in [0.717, 1.165) is 6.07 Å². The van der Waals surface area contributed by atoms with Crippen LogP contribution >= 0.6 is 11.6 Å². The van der Waals surface area contributed by atoms with Crippen LogP contribution in [0.25, 0.3) is 16.6 Å². The predicted molar refractivity (Wildman–Crippen MR) is 121 cm³/mol. The summed E-state index contributed by atoms with van der Waals surface area (Å²) in [6, 6.07) is 17.4. The number of sulfonamides is 1. The lowest BCUT2D eigenvalue weighted by Crippen LogP contribution is -2.13. The van der Waals surface area contributed by atoms with Crippen molar-refractivity contribution in [1.29, 1.82) is 0 Å². The molecule has 0 spiro atoms. The molecule has 1 N–H and O–H groups in total. The molecule has 0 aliphatic heterocycles. The zero-order valence-corrected chi connectivity index (χ0v) is 18.5. The lowest BCUT2D eigenvalue weighted by atomic mass is 10.2. The number of anilines is 1. The van der Waals surface area contributed by atoms with Gasteiger partial charge in [-0.1, -0.05) is 29.8 Å². The predicted octanol–water partition coefficient (Wildman–Crippen LogP) is 5.40. The molecule has 4 rings (SSSR count). The monoisotopic (exact) mass is 472 g/mol. The van der Waals surface area contributed by atoms with Crippen molar-refractivity contribution >= 4 is 44.2 Å². The summed E-state index contributed by atoms with van der Waals surface area (Å²) in [6.07, 6.45) is 1.42. The molecule has 0 atom stereocenters. The van der Waals surface area contributed by atoms with Gasteiger partial charge in [0.05, 0.1) is 22.7 Å². The number of aromatic nitrogens is 1. The first-order chi connectivity index (χ1) is 15.3. The average Bonchev–Trinajstić information content (AvgIpc) is 3.14. The number of rotatable bonds is 6. The molecular weight excluding hydrogens is 455 g/mol. The minimum Gasteiger partial charge on any atom is -0.462 e. The summed E-state index contributed by atoms with van der Waals surface area (Å²) in [5.41, 5.74) is 1.68. The molecule has 9 heteroatoms. The van der Waals surface area contributed by atoms with Crippen LogP contribution in [-0.2, 0) is 14.8 Å². The zero-order chi connectivity index (χ0) is 22.9. The van der Waals surface area contributed by atoms with Crippen LogP contribution in [0.3, 0.4) is 0 Å². The molecule has 0 fully saturated rings. The second kappa shape index (κ2) is 8.64. The summed E-state index contributed by atoms with van der Waals surface area (Å²) < 4.78 is 49.7. The first-order valence-electron chi connectivity index (χ1n) is 9.65. The number of nitrogens with zero attached hydrogens (tertiary/aromatic N) is 1. The van der Waals surface area contributed by atoms with Crippen LogP contribution in [0.2, 0.25) is 5.02 Å². The fourth-order valence-electron chi connectivity index (χ4n) is 3.30. The first kappa shape index (κ1) is 21.9. The topological polar surface area (TPSA) is 77.4 Å². The van der Waals surface area contributed by atoms with Gasteiger partial charge in [0.15, 0.2) is 0 Å². The third-order valence-corrected chi connectivity index (χ3v) is 6.48. The van der Waals surface area contributed by atoms with E-state index in [1.807, 2.05) is 18.2 Å². The Labute approximate surface area is 189 Å². The van der Waals surface area contributed by atoms with Gasteiger partial charge in [-0.2, -0.15) is 0 Å². The van der Waals surface area contributed by atoms with Crippen LogP contribution in [0.15, 0.2) is 77.8 Å². The Balaban J connectivity index is 1.77. The molecule has 0 bridgehead atoms. The SMILES string of the molecule is CCOC(=O)c1ccc(NS(=O)(=O)c2cn(-c3ccccc3)c3cc(Cl)c(F)cc23)cc1. The summed E-state index contributed by atoms with van der Waals surface area (Å²) >= 11 is 5.97. The minimum atomic E-state index is -4.10. The average molecular weight is 473 g/mol. The third kappa shape index (κ3) is 4.19. The van der Waals surface area contributed by atoms with Crippen molar-refractivity contribution in [1.82, 2.24) is 4.57 Å². The molecule has 32 heavy (non-hydrogen) atoms. The van der Waals surface area contributed by atoms with Gasteiger partial charge in [0.2, 0.25) is 0 Å². The Morgan fingerprint density at radius 3 is 2.44 bits per heavy atom. The number of hydrogen-bond acceptors (Lipinski definition) is 4. The molecule has 0 unspecified atom stereocenters. The van der Waals surface area contributed by atoms with Gasteiger partial charge in [-0.15, -0.1) is 0 Å².